The van der Waals surface area contributed by atoms with Crippen LogP contribution < -0.4 is 10.5 Å². The molecule has 0 amide bonds. The number of rotatable bonds is 8. The van der Waals surface area contributed by atoms with Crippen LogP contribution in [0.4, 0.5) is 5.69 Å². The summed E-state index contributed by atoms with van der Waals surface area (Å²) in [4.78, 5) is 3.13. The topological polar surface area (TPSA) is 64.8 Å². The largest absolute Gasteiger partial charge is 0.494 e. The van der Waals surface area contributed by atoms with E-state index in [9.17, 15) is 4.21 Å². The first-order valence-electron chi connectivity index (χ1n) is 9.18. The fraction of sp³-hybridized carbons (Fsp3) is 0.333. The van der Waals surface area contributed by atoms with E-state index in [0.717, 1.165) is 55.5 Å². The number of nitrogen functional groups attached to an aromatic ring is 1. The summed E-state index contributed by atoms with van der Waals surface area (Å²) < 4.78 is 23.5. The normalized spacial score (nSPS) is 16.4. The highest BCUT2D eigenvalue weighted by Gasteiger charge is 2.09. The minimum atomic E-state index is -1.22. The third kappa shape index (κ3) is 6.20. The Morgan fingerprint density at radius 3 is 2.59 bits per heavy atom. The van der Waals surface area contributed by atoms with Crippen LogP contribution in [0.5, 0.6) is 5.75 Å². The number of hydrogen-bond donors (Lipinski definition) is 1. The summed E-state index contributed by atoms with van der Waals surface area (Å²) in [6, 6.07) is 14.9. The van der Waals surface area contributed by atoms with Gasteiger partial charge in [-0.15, -0.1) is 0 Å². The Labute approximate surface area is 163 Å². The summed E-state index contributed by atoms with van der Waals surface area (Å²) in [5.74, 6) is 0.800. The molecule has 2 aromatic rings. The Hall–Kier alpha value is -2.15. The Morgan fingerprint density at radius 1 is 1.11 bits per heavy atom. The van der Waals surface area contributed by atoms with E-state index >= 15 is 0 Å². The van der Waals surface area contributed by atoms with E-state index in [-0.39, 0.29) is 0 Å². The van der Waals surface area contributed by atoms with Gasteiger partial charge in [-0.3, -0.25) is 4.90 Å². The molecule has 0 spiro atoms. The molecule has 1 fully saturated rings. The highest BCUT2D eigenvalue weighted by molar-refractivity contribution is 7.88. The molecule has 1 unspecified atom stereocenters. The fourth-order valence-corrected chi connectivity index (χ4v) is 3.68. The number of benzene rings is 2. The molecule has 1 aliphatic rings. The lowest BCUT2D eigenvalue weighted by atomic mass is 10.2. The number of anilines is 1. The molecule has 5 nitrogen and oxygen atoms in total. The molecule has 1 aliphatic heterocycles. The second kappa shape index (κ2) is 10.3. The zero-order valence-corrected chi connectivity index (χ0v) is 16.2. The average Bonchev–Trinajstić information content (AvgIpc) is 2.72. The van der Waals surface area contributed by atoms with E-state index < -0.39 is 10.8 Å². The van der Waals surface area contributed by atoms with Gasteiger partial charge in [-0.25, -0.2) is 4.21 Å². The second-order valence-corrected chi connectivity index (χ2v) is 7.69. The van der Waals surface area contributed by atoms with Crippen LogP contribution in [-0.2, 0) is 15.5 Å². The lowest BCUT2D eigenvalue weighted by Crippen LogP contribution is -2.37. The summed E-state index contributed by atoms with van der Waals surface area (Å²) in [5.41, 5.74) is 7.43. The van der Waals surface area contributed by atoms with Gasteiger partial charge in [-0.1, -0.05) is 18.2 Å². The van der Waals surface area contributed by atoms with Gasteiger partial charge in [0.2, 0.25) is 0 Å². The van der Waals surface area contributed by atoms with Crippen LogP contribution in [0, 0.1) is 0 Å². The van der Waals surface area contributed by atoms with E-state index in [0.29, 0.717) is 12.3 Å². The summed E-state index contributed by atoms with van der Waals surface area (Å²) in [6.45, 7) is 5.35. The highest BCUT2D eigenvalue weighted by Crippen LogP contribution is 2.18. The van der Waals surface area contributed by atoms with Gasteiger partial charge < -0.3 is 15.2 Å². The van der Waals surface area contributed by atoms with Gasteiger partial charge in [0.15, 0.2) is 0 Å². The molecule has 1 heterocycles. The van der Waals surface area contributed by atoms with Crippen molar-refractivity contribution in [2.75, 3.05) is 45.2 Å². The molecular weight excluding hydrogens is 360 g/mol. The predicted octanol–water partition coefficient (Wildman–Crippen LogP) is 3.15. The number of para-hydroxylation sites is 1. The van der Waals surface area contributed by atoms with Crippen LogP contribution >= 0.6 is 0 Å². The minimum Gasteiger partial charge on any atom is -0.494 e. The fourth-order valence-electron chi connectivity index (χ4n) is 2.85. The van der Waals surface area contributed by atoms with E-state index in [4.69, 9.17) is 15.2 Å². The molecule has 6 heteroatoms. The Bertz CT molecular complexity index is 771. The van der Waals surface area contributed by atoms with Crippen molar-refractivity contribution in [1.82, 2.24) is 4.90 Å². The lowest BCUT2D eigenvalue weighted by Gasteiger charge is -2.26. The van der Waals surface area contributed by atoms with E-state index in [2.05, 4.69) is 4.90 Å². The number of nitrogens with two attached hydrogens (primary N) is 1. The van der Waals surface area contributed by atoms with Crippen molar-refractivity contribution < 1.29 is 13.7 Å². The molecule has 0 aromatic heterocycles. The molecule has 0 bridgehead atoms. The average molecular weight is 387 g/mol. The van der Waals surface area contributed by atoms with Crippen LogP contribution in [-0.4, -0.2) is 48.6 Å². The first-order chi connectivity index (χ1) is 13.2. The summed E-state index contributed by atoms with van der Waals surface area (Å²) in [5, 5.41) is 1.66. The van der Waals surface area contributed by atoms with Gasteiger partial charge in [-0.05, 0) is 48.4 Å². The second-order valence-electron chi connectivity index (χ2n) is 6.36. The maximum absolute atomic E-state index is 12.4. The van der Waals surface area contributed by atoms with Crippen LogP contribution in [0.1, 0.15) is 12.0 Å². The van der Waals surface area contributed by atoms with Crippen molar-refractivity contribution in [3.05, 3.63) is 59.5 Å². The quantitative estimate of drug-likeness (QED) is 0.558. The number of ether oxygens (including phenoxy) is 2. The maximum atomic E-state index is 12.4. The molecule has 27 heavy (non-hydrogen) atoms. The number of morpholine rings is 1. The van der Waals surface area contributed by atoms with Crippen LogP contribution in [0.3, 0.4) is 0 Å². The van der Waals surface area contributed by atoms with E-state index in [1.807, 2.05) is 48.5 Å². The monoisotopic (exact) mass is 386 g/mol. The first kappa shape index (κ1) is 19.6. The number of nitrogens with zero attached hydrogens (tertiary/aromatic N) is 1. The Morgan fingerprint density at radius 2 is 1.85 bits per heavy atom. The van der Waals surface area contributed by atoms with E-state index in [1.165, 1.54) is 0 Å². The van der Waals surface area contributed by atoms with E-state index in [1.54, 1.807) is 11.5 Å². The molecule has 2 aromatic carbocycles. The van der Waals surface area contributed by atoms with Crippen LogP contribution in [0.2, 0.25) is 0 Å². The summed E-state index contributed by atoms with van der Waals surface area (Å²) >= 11 is 0. The SMILES string of the molecule is Nc1ccccc1/C=C/S(=O)c1ccc(OCCCN2CCOCC2)cc1. The van der Waals surface area contributed by atoms with Gasteiger partial charge in [0.25, 0.3) is 0 Å². The standard InChI is InChI=1S/C21H26N2O3S/c22-21-5-2-1-4-18(21)10-17-27(24)20-8-6-19(7-9-20)26-14-3-11-23-12-15-25-16-13-23/h1-2,4-10,17H,3,11-16,22H2/b17-10+. The van der Waals surface area contributed by atoms with Crippen molar-refractivity contribution in [3.8, 4) is 5.75 Å². The first-order valence-corrected chi connectivity index (χ1v) is 10.4. The third-order valence-corrected chi connectivity index (χ3v) is 5.53. The zero-order valence-electron chi connectivity index (χ0n) is 15.4. The van der Waals surface area contributed by atoms with Crippen molar-refractivity contribution >= 4 is 22.6 Å². The maximum Gasteiger partial charge on any atom is 0.119 e. The van der Waals surface area contributed by atoms with Crippen molar-refractivity contribution in [2.24, 2.45) is 0 Å². The molecule has 2 N–H and O–H groups in total. The molecule has 0 aliphatic carbocycles. The van der Waals surface area contributed by atoms with Gasteiger partial charge in [0.1, 0.15) is 5.75 Å². The molecule has 3 rings (SSSR count). The van der Waals surface area contributed by atoms with Crippen molar-refractivity contribution in [3.63, 3.8) is 0 Å². The molecular formula is C21H26N2O3S. The van der Waals surface area contributed by atoms with Crippen LogP contribution in [0.15, 0.2) is 58.8 Å². The minimum absolute atomic E-state index is 0.673. The summed E-state index contributed by atoms with van der Waals surface area (Å²) in [6.07, 6.45) is 2.77. The highest BCUT2D eigenvalue weighted by atomic mass is 32.2. The Kier molecular flexibility index (Phi) is 7.45. The molecule has 0 radical (unpaired) electrons. The van der Waals surface area contributed by atoms with Crippen LogP contribution in [0.25, 0.3) is 6.08 Å². The van der Waals surface area contributed by atoms with Gasteiger partial charge in [0.05, 0.1) is 30.6 Å². The van der Waals surface area contributed by atoms with Crippen molar-refractivity contribution in [1.29, 1.82) is 0 Å². The van der Waals surface area contributed by atoms with Gasteiger partial charge in [0, 0.05) is 35.6 Å². The molecule has 1 atom stereocenters. The van der Waals surface area contributed by atoms with Crippen molar-refractivity contribution in [2.45, 2.75) is 11.3 Å². The van der Waals surface area contributed by atoms with Gasteiger partial charge in [-0.2, -0.15) is 0 Å². The molecule has 1 saturated heterocycles. The predicted molar refractivity (Wildman–Crippen MR) is 110 cm³/mol. The lowest BCUT2D eigenvalue weighted by molar-refractivity contribution is 0.0358. The number of hydrogen-bond acceptors (Lipinski definition) is 5. The zero-order chi connectivity index (χ0) is 18.9. The molecule has 0 saturated carbocycles. The smallest absolute Gasteiger partial charge is 0.119 e. The molecule has 144 valence electrons. The Balaban J connectivity index is 1.45. The third-order valence-electron chi connectivity index (χ3n) is 4.41. The van der Waals surface area contributed by atoms with Gasteiger partial charge >= 0.3 is 0 Å². The summed E-state index contributed by atoms with van der Waals surface area (Å²) in [7, 11) is -1.22.